The third-order valence-electron chi connectivity index (χ3n) is 6.36. The van der Waals surface area contributed by atoms with Crippen LogP contribution in [0.15, 0.2) is 35.4 Å². The first-order chi connectivity index (χ1) is 20.8. The average molecular weight is 624 g/mol. The van der Waals surface area contributed by atoms with Gasteiger partial charge in [-0.25, -0.2) is 15.9 Å². The van der Waals surface area contributed by atoms with Crippen molar-refractivity contribution in [3.63, 3.8) is 0 Å². The lowest BCUT2D eigenvalue weighted by molar-refractivity contribution is -0.275. The van der Waals surface area contributed by atoms with Crippen molar-refractivity contribution in [2.24, 2.45) is 17.0 Å². The molecule has 0 spiro atoms. The highest BCUT2D eigenvalue weighted by molar-refractivity contribution is 7.48. The molecule has 16 heteroatoms. The van der Waals surface area contributed by atoms with Crippen molar-refractivity contribution in [1.29, 1.82) is 5.26 Å². The molecule has 2 rings (SSSR count). The fourth-order valence-corrected chi connectivity index (χ4v) is 5.06. The van der Waals surface area contributed by atoms with Crippen LogP contribution in [0.4, 0.5) is 0 Å². The molecule has 1 saturated heterocycles. The number of azide groups is 1. The number of carbonyl (C=O) groups is 1. The predicted molar refractivity (Wildman–Crippen MR) is 151 cm³/mol. The lowest BCUT2D eigenvalue weighted by Crippen LogP contribution is -2.53. The number of phosphoric ester groups is 1. The van der Waals surface area contributed by atoms with Crippen molar-refractivity contribution in [2.75, 3.05) is 65.9 Å². The molecule has 3 unspecified atom stereocenters. The molecule has 1 aliphatic rings. The van der Waals surface area contributed by atoms with E-state index in [-0.39, 0.29) is 77.6 Å². The zero-order valence-electron chi connectivity index (χ0n) is 24.3. The Bertz CT molecular complexity index is 1120. The number of esters is 1. The highest BCUT2D eigenvalue weighted by atomic mass is 31.2. The second kappa shape index (κ2) is 20.8. The molecule has 1 fully saturated rings. The summed E-state index contributed by atoms with van der Waals surface area (Å²) in [6.07, 6.45) is -2.47. The van der Waals surface area contributed by atoms with Crippen LogP contribution in [0, 0.1) is 29.7 Å². The van der Waals surface area contributed by atoms with Crippen molar-refractivity contribution in [3.05, 3.63) is 57.8 Å². The van der Waals surface area contributed by atoms with E-state index >= 15 is 0 Å². The molecule has 43 heavy (non-hydrogen) atoms. The molecule has 0 saturated carbocycles. The zero-order chi connectivity index (χ0) is 31.3. The predicted octanol–water partition coefficient (Wildman–Crippen LogP) is 4.56. The van der Waals surface area contributed by atoms with Crippen molar-refractivity contribution >= 4 is 13.8 Å². The molecule has 0 N–H and O–H groups in total. The van der Waals surface area contributed by atoms with Crippen LogP contribution in [-0.4, -0.2) is 90.4 Å². The zero-order valence-corrected chi connectivity index (χ0v) is 25.2. The van der Waals surface area contributed by atoms with Gasteiger partial charge in [0.05, 0.1) is 70.4 Å². The van der Waals surface area contributed by atoms with E-state index in [4.69, 9.17) is 54.6 Å². The van der Waals surface area contributed by atoms with Gasteiger partial charge in [-0.3, -0.25) is 13.6 Å². The van der Waals surface area contributed by atoms with E-state index in [0.717, 1.165) is 0 Å². The molecule has 0 aliphatic carbocycles. The number of carbonyl (C=O) groups excluding carboxylic acids is 1. The van der Waals surface area contributed by atoms with Gasteiger partial charge in [0.1, 0.15) is 6.61 Å². The molecule has 0 aromatic heterocycles. The first-order valence-corrected chi connectivity index (χ1v) is 15.2. The van der Waals surface area contributed by atoms with Gasteiger partial charge in [-0.1, -0.05) is 37.2 Å². The third-order valence-corrected chi connectivity index (χ3v) is 7.82. The Morgan fingerprint density at radius 2 is 1.74 bits per heavy atom. The van der Waals surface area contributed by atoms with E-state index in [1.807, 2.05) is 19.9 Å². The van der Waals surface area contributed by atoms with Crippen LogP contribution < -0.4 is 0 Å². The molecular formula is C27H38N5O10P. The van der Waals surface area contributed by atoms with Gasteiger partial charge in [0.15, 0.2) is 12.4 Å². The Morgan fingerprint density at radius 3 is 2.44 bits per heavy atom. The Labute approximate surface area is 251 Å². The fraction of sp³-hybridized carbons (Fsp3) is 0.667. The lowest BCUT2D eigenvalue weighted by atomic mass is 9.83. The standard InChI is InChI=1S/C27H38N5O10P/c1-21-22(2)25(42-26(33)23-8-5-4-6-9-23)27(37-19-18-36-17-16-35-14-12-31-32-29)41-24(21)20-40-43(34,38-13-7-10-28)39-15-11-30-3/h4-6,8-9,21-22,24-25,27H,7,11-20H2,1-2H3/t21-,22-,24?,25?,27-,43?/m0/s1. The van der Waals surface area contributed by atoms with Crippen LogP contribution in [0.2, 0.25) is 0 Å². The molecule has 236 valence electrons. The van der Waals surface area contributed by atoms with E-state index in [9.17, 15) is 9.36 Å². The molecule has 1 aromatic carbocycles. The van der Waals surface area contributed by atoms with Gasteiger partial charge < -0.3 is 28.5 Å². The summed E-state index contributed by atoms with van der Waals surface area (Å²) in [5.74, 6) is -1.05. The smallest absolute Gasteiger partial charge is 0.453 e. The highest BCUT2D eigenvalue weighted by Crippen LogP contribution is 2.50. The summed E-state index contributed by atoms with van der Waals surface area (Å²) in [6.45, 7) is 11.5. The Balaban J connectivity index is 2.04. The first kappa shape index (κ1) is 36.1. The van der Waals surface area contributed by atoms with Gasteiger partial charge in [-0.15, -0.1) is 0 Å². The normalized spacial score (nSPS) is 22.8. The largest absolute Gasteiger partial charge is 0.475 e. The summed E-state index contributed by atoms with van der Waals surface area (Å²) in [7, 11) is -4.09. The van der Waals surface area contributed by atoms with Crippen LogP contribution in [0.5, 0.6) is 0 Å². The molecule has 1 heterocycles. The van der Waals surface area contributed by atoms with Gasteiger partial charge in [0.25, 0.3) is 0 Å². The van der Waals surface area contributed by atoms with Crippen LogP contribution in [-0.2, 0) is 41.8 Å². The number of phosphoric acid groups is 1. The van der Waals surface area contributed by atoms with Crippen molar-refractivity contribution in [2.45, 2.75) is 38.8 Å². The SMILES string of the molecule is [C-]#[N+]CCOP(=O)(OCCC#N)OCC1O[C@H](OCCOCCOCCN=[N+]=[N-])C(OC(=O)c2ccccc2)[C@@H](C)[C@@H]1C. The van der Waals surface area contributed by atoms with Crippen molar-refractivity contribution in [1.82, 2.24) is 0 Å². The minimum atomic E-state index is -4.09. The van der Waals surface area contributed by atoms with Crippen LogP contribution in [0.3, 0.4) is 0 Å². The quantitative estimate of drug-likeness (QED) is 0.0355. The summed E-state index contributed by atoms with van der Waals surface area (Å²) < 4.78 is 58.0. The second-order valence-corrected chi connectivity index (χ2v) is 10.9. The summed E-state index contributed by atoms with van der Waals surface area (Å²) in [4.78, 5) is 18.7. The maximum absolute atomic E-state index is 13.1. The third kappa shape index (κ3) is 13.4. The van der Waals surface area contributed by atoms with E-state index in [0.29, 0.717) is 12.2 Å². The maximum Gasteiger partial charge on any atom is 0.475 e. The van der Waals surface area contributed by atoms with Crippen LogP contribution in [0.1, 0.15) is 30.6 Å². The van der Waals surface area contributed by atoms with E-state index in [1.165, 1.54) is 0 Å². The molecule has 6 atom stereocenters. The Kier molecular flexibility index (Phi) is 17.4. The van der Waals surface area contributed by atoms with Crippen LogP contribution in [0.25, 0.3) is 15.3 Å². The molecule has 0 bridgehead atoms. The summed E-state index contributed by atoms with van der Waals surface area (Å²) in [6, 6.07) is 10.4. The summed E-state index contributed by atoms with van der Waals surface area (Å²) in [5.41, 5.74) is 8.65. The number of rotatable bonds is 21. The first-order valence-electron chi connectivity index (χ1n) is 13.8. The Morgan fingerprint density at radius 1 is 1.05 bits per heavy atom. The lowest BCUT2D eigenvalue weighted by Gasteiger charge is -2.43. The Hall–Kier alpha value is -3.07. The number of hydrogen-bond acceptors (Lipinski definition) is 12. The number of hydrogen-bond donors (Lipinski definition) is 0. The van der Waals surface area contributed by atoms with Crippen molar-refractivity contribution in [3.8, 4) is 6.07 Å². The average Bonchev–Trinajstić information content (AvgIpc) is 3.01. The van der Waals surface area contributed by atoms with Gasteiger partial charge in [-0.2, -0.15) is 5.26 Å². The second-order valence-electron chi connectivity index (χ2n) is 9.25. The maximum atomic E-state index is 13.1. The summed E-state index contributed by atoms with van der Waals surface area (Å²) >= 11 is 0. The number of ether oxygens (including phenoxy) is 5. The molecule has 0 radical (unpaired) electrons. The highest BCUT2D eigenvalue weighted by Gasteiger charge is 2.45. The van der Waals surface area contributed by atoms with Crippen molar-refractivity contribution < 1.29 is 46.6 Å². The molecular weight excluding hydrogens is 585 g/mol. The monoisotopic (exact) mass is 623 g/mol. The van der Waals surface area contributed by atoms with E-state index in [2.05, 4.69) is 14.9 Å². The topological polar surface area (TPSA) is 185 Å². The minimum Gasteiger partial charge on any atom is -0.453 e. The molecule has 0 amide bonds. The van der Waals surface area contributed by atoms with Gasteiger partial charge in [0, 0.05) is 17.4 Å². The molecule has 1 aromatic rings. The van der Waals surface area contributed by atoms with Gasteiger partial charge in [0.2, 0.25) is 6.54 Å². The number of nitriles is 1. The van der Waals surface area contributed by atoms with Crippen LogP contribution >= 0.6 is 7.82 Å². The minimum absolute atomic E-state index is 0.0266. The number of nitrogens with zero attached hydrogens (tertiary/aromatic N) is 5. The summed E-state index contributed by atoms with van der Waals surface area (Å²) in [5, 5.41) is 12.2. The fourth-order valence-electron chi connectivity index (χ4n) is 3.89. The van der Waals surface area contributed by atoms with E-state index < -0.39 is 32.3 Å². The molecule has 15 nitrogen and oxygen atoms in total. The van der Waals surface area contributed by atoms with Gasteiger partial charge in [-0.05, 0) is 23.6 Å². The van der Waals surface area contributed by atoms with E-state index in [1.54, 1.807) is 30.3 Å². The van der Waals surface area contributed by atoms with Gasteiger partial charge >= 0.3 is 13.8 Å². The number of benzene rings is 1. The molecule has 1 aliphatic heterocycles.